The smallest absolute Gasteiger partial charge is 0.229 e. The molecule has 0 aromatic heterocycles. The fourth-order valence-electron chi connectivity index (χ4n) is 3.19. The van der Waals surface area contributed by atoms with Gasteiger partial charge in [0, 0.05) is 13.1 Å². The number of carbonyl (C=O) groups excluding carboxylic acids is 1. The molecule has 1 unspecified atom stereocenters. The highest BCUT2D eigenvalue weighted by Gasteiger charge is 2.31. The van der Waals surface area contributed by atoms with E-state index in [4.69, 9.17) is 0 Å². The molecule has 4 heteroatoms. The summed E-state index contributed by atoms with van der Waals surface area (Å²) in [5.74, 6) is 0.0276. The Bertz CT molecular complexity index is 481. The van der Waals surface area contributed by atoms with Gasteiger partial charge in [-0.2, -0.15) is 0 Å². The van der Waals surface area contributed by atoms with Crippen molar-refractivity contribution >= 4 is 17.3 Å². The van der Waals surface area contributed by atoms with Gasteiger partial charge in [-0.05, 0) is 25.0 Å². The molecule has 1 N–H and O–H groups in total. The van der Waals surface area contributed by atoms with Crippen LogP contribution in [0.3, 0.4) is 0 Å². The van der Waals surface area contributed by atoms with E-state index in [9.17, 15) is 9.90 Å². The summed E-state index contributed by atoms with van der Waals surface area (Å²) in [5.41, 5.74) is 2.09. The normalized spacial score (nSPS) is 24.1. The van der Waals surface area contributed by atoms with Crippen LogP contribution in [0.4, 0.5) is 11.4 Å². The maximum absolute atomic E-state index is 12.0. The summed E-state index contributed by atoms with van der Waals surface area (Å²) in [6, 6.07) is 8.09. The number of hydrogen-bond acceptors (Lipinski definition) is 3. The summed E-state index contributed by atoms with van der Waals surface area (Å²) < 4.78 is 0. The number of nitrogens with zero attached hydrogens (tertiary/aromatic N) is 2. The van der Waals surface area contributed by atoms with Gasteiger partial charge >= 0.3 is 0 Å². The zero-order chi connectivity index (χ0) is 13.9. The van der Waals surface area contributed by atoms with Crippen molar-refractivity contribution in [2.75, 3.05) is 29.4 Å². The maximum Gasteiger partial charge on any atom is 0.229 e. The molecule has 4 nitrogen and oxygen atoms in total. The zero-order valence-corrected chi connectivity index (χ0v) is 11.8. The second-order valence-corrected chi connectivity index (χ2v) is 5.75. The van der Waals surface area contributed by atoms with Crippen LogP contribution in [0.25, 0.3) is 0 Å². The minimum atomic E-state index is -0.528. The first-order valence-electron chi connectivity index (χ1n) is 7.58. The second-order valence-electron chi connectivity index (χ2n) is 5.75. The van der Waals surface area contributed by atoms with Crippen molar-refractivity contribution in [3.63, 3.8) is 0 Å². The van der Waals surface area contributed by atoms with E-state index in [0.29, 0.717) is 6.54 Å². The van der Waals surface area contributed by atoms with E-state index >= 15 is 0 Å². The molecule has 0 spiro atoms. The molecule has 20 heavy (non-hydrogen) atoms. The Labute approximate surface area is 120 Å². The van der Waals surface area contributed by atoms with Crippen LogP contribution in [-0.4, -0.2) is 36.8 Å². The van der Waals surface area contributed by atoms with E-state index < -0.39 is 6.10 Å². The number of para-hydroxylation sites is 2. The maximum atomic E-state index is 12.0. The van der Waals surface area contributed by atoms with Gasteiger partial charge in [0.05, 0.1) is 30.4 Å². The van der Waals surface area contributed by atoms with E-state index in [1.54, 1.807) is 4.90 Å². The molecule has 108 valence electrons. The largest absolute Gasteiger partial charge is 0.391 e. The lowest BCUT2D eigenvalue weighted by Gasteiger charge is -2.28. The molecule has 1 amide bonds. The van der Waals surface area contributed by atoms with Crippen LogP contribution < -0.4 is 9.80 Å². The van der Waals surface area contributed by atoms with Crippen LogP contribution in [0.1, 0.15) is 32.1 Å². The first kappa shape index (κ1) is 13.4. The molecule has 0 aliphatic carbocycles. The third-order valence-electron chi connectivity index (χ3n) is 4.22. The van der Waals surface area contributed by atoms with Crippen molar-refractivity contribution in [2.24, 2.45) is 0 Å². The van der Waals surface area contributed by atoms with Crippen molar-refractivity contribution in [1.82, 2.24) is 0 Å². The predicted molar refractivity (Wildman–Crippen MR) is 80.1 cm³/mol. The summed E-state index contributed by atoms with van der Waals surface area (Å²) in [7, 11) is 0. The molecule has 1 atom stereocenters. The molecular formula is C16H22N2O2. The van der Waals surface area contributed by atoms with Crippen LogP contribution in [-0.2, 0) is 4.79 Å². The number of amides is 1. The van der Waals surface area contributed by atoms with Gasteiger partial charge < -0.3 is 14.9 Å². The first-order valence-corrected chi connectivity index (χ1v) is 7.58. The van der Waals surface area contributed by atoms with Gasteiger partial charge in [0.15, 0.2) is 0 Å². The summed E-state index contributed by atoms with van der Waals surface area (Å²) in [6.45, 7) is 2.53. The van der Waals surface area contributed by atoms with Crippen LogP contribution in [0.2, 0.25) is 0 Å². The van der Waals surface area contributed by atoms with Crippen LogP contribution in [0.15, 0.2) is 24.3 Å². The minimum Gasteiger partial charge on any atom is -0.391 e. The van der Waals surface area contributed by atoms with E-state index in [0.717, 1.165) is 24.5 Å². The summed E-state index contributed by atoms with van der Waals surface area (Å²) in [4.78, 5) is 16.2. The molecule has 2 saturated heterocycles. The van der Waals surface area contributed by atoms with Gasteiger partial charge in [-0.3, -0.25) is 4.79 Å². The van der Waals surface area contributed by atoms with Gasteiger partial charge in [0.1, 0.15) is 0 Å². The molecule has 1 aromatic carbocycles. The fraction of sp³-hybridized carbons (Fsp3) is 0.562. The second kappa shape index (κ2) is 5.83. The number of anilines is 2. The summed E-state index contributed by atoms with van der Waals surface area (Å²) in [6.07, 6.45) is 4.73. The van der Waals surface area contributed by atoms with Crippen molar-refractivity contribution in [3.05, 3.63) is 24.3 Å². The Morgan fingerprint density at radius 1 is 1.00 bits per heavy atom. The molecular weight excluding hydrogens is 252 g/mol. The summed E-state index contributed by atoms with van der Waals surface area (Å²) >= 11 is 0. The third-order valence-corrected chi connectivity index (χ3v) is 4.22. The minimum absolute atomic E-state index is 0.0276. The van der Waals surface area contributed by atoms with E-state index in [-0.39, 0.29) is 12.3 Å². The van der Waals surface area contributed by atoms with Gasteiger partial charge in [0.25, 0.3) is 0 Å². The molecule has 0 bridgehead atoms. The van der Waals surface area contributed by atoms with Crippen molar-refractivity contribution in [2.45, 2.75) is 38.2 Å². The van der Waals surface area contributed by atoms with Crippen molar-refractivity contribution in [3.8, 4) is 0 Å². The average molecular weight is 274 g/mol. The van der Waals surface area contributed by atoms with Gasteiger partial charge in [-0.1, -0.05) is 25.0 Å². The molecule has 1 aromatic rings. The molecule has 2 fully saturated rings. The molecule has 2 aliphatic rings. The predicted octanol–water partition coefficient (Wildman–Crippen LogP) is 2.16. The van der Waals surface area contributed by atoms with Crippen LogP contribution >= 0.6 is 0 Å². The molecule has 0 saturated carbocycles. The number of β-amino-alcohol motifs (C(OH)–C–C–N with tert-alkyl or cyclic N) is 1. The Morgan fingerprint density at radius 2 is 1.65 bits per heavy atom. The van der Waals surface area contributed by atoms with Gasteiger partial charge in [-0.25, -0.2) is 0 Å². The molecule has 3 rings (SSSR count). The standard InChI is InChI=1S/C16H22N2O2/c19-13-11-16(20)18(12-13)15-8-4-3-7-14(15)17-9-5-1-2-6-10-17/h3-4,7-8,13,19H,1-2,5-6,9-12H2. The van der Waals surface area contributed by atoms with Crippen LogP contribution in [0.5, 0.6) is 0 Å². The lowest BCUT2D eigenvalue weighted by molar-refractivity contribution is -0.117. The molecule has 0 radical (unpaired) electrons. The number of aliphatic hydroxyl groups excluding tert-OH is 1. The number of rotatable bonds is 2. The third kappa shape index (κ3) is 2.66. The fourth-order valence-corrected chi connectivity index (χ4v) is 3.19. The van der Waals surface area contributed by atoms with Crippen molar-refractivity contribution < 1.29 is 9.90 Å². The van der Waals surface area contributed by atoms with E-state index in [1.807, 2.05) is 18.2 Å². The Balaban J connectivity index is 1.89. The van der Waals surface area contributed by atoms with Crippen molar-refractivity contribution in [1.29, 1.82) is 0 Å². The average Bonchev–Trinajstić information content (AvgIpc) is 2.68. The number of benzene rings is 1. The SMILES string of the molecule is O=C1CC(O)CN1c1ccccc1N1CCCCCC1. The van der Waals surface area contributed by atoms with Gasteiger partial charge in [0.2, 0.25) is 5.91 Å². The number of aliphatic hydroxyl groups is 1. The Hall–Kier alpha value is -1.55. The van der Waals surface area contributed by atoms with E-state index in [2.05, 4.69) is 11.0 Å². The van der Waals surface area contributed by atoms with Gasteiger partial charge in [-0.15, -0.1) is 0 Å². The number of carbonyl (C=O) groups is 1. The quantitative estimate of drug-likeness (QED) is 0.899. The van der Waals surface area contributed by atoms with E-state index in [1.165, 1.54) is 25.7 Å². The lowest BCUT2D eigenvalue weighted by atomic mass is 10.2. The summed E-state index contributed by atoms with van der Waals surface area (Å²) in [5, 5.41) is 9.70. The molecule has 2 aliphatic heterocycles. The Kier molecular flexibility index (Phi) is 3.92. The highest BCUT2D eigenvalue weighted by molar-refractivity contribution is 5.99. The van der Waals surface area contributed by atoms with Crippen LogP contribution in [0, 0.1) is 0 Å². The highest BCUT2D eigenvalue weighted by Crippen LogP contribution is 2.33. The Morgan fingerprint density at radius 3 is 2.25 bits per heavy atom. The zero-order valence-electron chi connectivity index (χ0n) is 11.8. The first-order chi connectivity index (χ1) is 9.75. The highest BCUT2D eigenvalue weighted by atomic mass is 16.3. The monoisotopic (exact) mass is 274 g/mol. The topological polar surface area (TPSA) is 43.8 Å². The lowest BCUT2D eigenvalue weighted by Crippen LogP contribution is -2.30. The molecule has 2 heterocycles. The number of hydrogen-bond donors (Lipinski definition) is 1.